The maximum absolute atomic E-state index is 12.4. The molecule has 0 aromatic heterocycles. The van der Waals surface area contributed by atoms with E-state index in [2.05, 4.69) is 21.3 Å². The number of nitrogens with one attached hydrogen (secondary N) is 4. The van der Waals surface area contributed by atoms with E-state index in [1.165, 1.54) is 23.5 Å². The molecule has 0 aromatic rings. The molecule has 10 heteroatoms. The van der Waals surface area contributed by atoms with Crippen LogP contribution in [0.25, 0.3) is 0 Å². The molecule has 4 unspecified atom stereocenters. The smallest absolute Gasteiger partial charge is 0.230 e. The molecule has 0 radical (unpaired) electrons. The van der Waals surface area contributed by atoms with E-state index in [1.54, 1.807) is 0 Å². The lowest BCUT2D eigenvalue weighted by Crippen LogP contribution is -2.54. The lowest BCUT2D eigenvalue weighted by molar-refractivity contribution is -0.122. The molecule has 1 aliphatic heterocycles. The van der Waals surface area contributed by atoms with Crippen LogP contribution in [0.3, 0.4) is 0 Å². The summed E-state index contributed by atoms with van der Waals surface area (Å²) in [5.74, 6) is 0.455. The van der Waals surface area contributed by atoms with Crippen molar-refractivity contribution in [3.05, 3.63) is 0 Å². The summed E-state index contributed by atoms with van der Waals surface area (Å²) in [7, 11) is 0. The number of amides is 4. The summed E-state index contributed by atoms with van der Waals surface area (Å²) >= 11 is 2.58. The predicted molar refractivity (Wildman–Crippen MR) is 119 cm³/mol. The van der Waals surface area contributed by atoms with Crippen LogP contribution in [-0.2, 0) is 19.2 Å². The van der Waals surface area contributed by atoms with Gasteiger partial charge in [-0.25, -0.2) is 0 Å². The van der Waals surface area contributed by atoms with Crippen LogP contribution in [-0.4, -0.2) is 70.8 Å². The van der Waals surface area contributed by atoms with Crippen molar-refractivity contribution in [2.75, 3.05) is 23.0 Å². The molecular weight excluding hydrogens is 424 g/mol. The van der Waals surface area contributed by atoms with E-state index in [9.17, 15) is 19.2 Å². The molecule has 2 saturated carbocycles. The predicted octanol–water partition coefficient (Wildman–Crippen LogP) is 0.554. The lowest BCUT2D eigenvalue weighted by atomic mass is 9.90. The van der Waals surface area contributed by atoms with Crippen molar-refractivity contribution in [1.29, 1.82) is 0 Å². The highest BCUT2D eigenvalue weighted by Crippen LogP contribution is 2.21. The number of hydrogen-bond donors (Lipinski definition) is 4. The van der Waals surface area contributed by atoms with Gasteiger partial charge in [0.15, 0.2) is 0 Å². The maximum Gasteiger partial charge on any atom is 0.230 e. The third-order valence-electron chi connectivity index (χ3n) is 5.85. The number of fused-ring (bicyclic) bond motifs is 2. The molecule has 4 atom stereocenters. The van der Waals surface area contributed by atoms with Crippen molar-refractivity contribution >= 4 is 47.2 Å². The molecule has 2 aliphatic carbocycles. The first-order chi connectivity index (χ1) is 14.5. The van der Waals surface area contributed by atoms with E-state index < -0.39 is 0 Å². The second-order valence-corrected chi connectivity index (χ2v) is 10.2. The minimum Gasteiger partial charge on any atom is -0.351 e. The molecule has 0 aromatic carbocycles. The van der Waals surface area contributed by atoms with Crippen molar-refractivity contribution in [2.24, 2.45) is 0 Å². The van der Waals surface area contributed by atoms with Gasteiger partial charge in [-0.05, 0) is 25.7 Å². The van der Waals surface area contributed by atoms with Crippen LogP contribution < -0.4 is 21.3 Å². The van der Waals surface area contributed by atoms with Crippen LogP contribution in [0, 0.1) is 0 Å². The van der Waals surface area contributed by atoms with E-state index in [0.717, 1.165) is 51.4 Å². The second-order valence-electron chi connectivity index (χ2n) is 8.25. The van der Waals surface area contributed by atoms with Gasteiger partial charge in [0.25, 0.3) is 0 Å². The molecule has 3 aliphatic rings. The molecule has 0 spiro atoms. The van der Waals surface area contributed by atoms with E-state index in [0.29, 0.717) is 0 Å². The largest absolute Gasteiger partial charge is 0.351 e. The maximum atomic E-state index is 12.4. The van der Waals surface area contributed by atoms with Crippen molar-refractivity contribution in [3.63, 3.8) is 0 Å². The van der Waals surface area contributed by atoms with Gasteiger partial charge in [0.2, 0.25) is 23.6 Å². The highest BCUT2D eigenvalue weighted by atomic mass is 32.2. The number of thioether (sulfide) groups is 2. The molecule has 0 bridgehead atoms. The molecule has 1 heterocycles. The Morgan fingerprint density at radius 2 is 0.700 bits per heavy atom. The average Bonchev–Trinajstić information content (AvgIpc) is 2.70. The summed E-state index contributed by atoms with van der Waals surface area (Å²) in [5.41, 5.74) is 0. The van der Waals surface area contributed by atoms with Gasteiger partial charge >= 0.3 is 0 Å². The zero-order valence-electron chi connectivity index (χ0n) is 17.2. The molecule has 30 heavy (non-hydrogen) atoms. The average molecular weight is 457 g/mol. The molecule has 8 nitrogen and oxygen atoms in total. The van der Waals surface area contributed by atoms with Gasteiger partial charge in [-0.15, -0.1) is 23.5 Å². The zero-order chi connectivity index (χ0) is 21.3. The van der Waals surface area contributed by atoms with Gasteiger partial charge in [-0.2, -0.15) is 0 Å². The summed E-state index contributed by atoms with van der Waals surface area (Å²) in [5, 5.41) is 12.1. The van der Waals surface area contributed by atoms with Crippen molar-refractivity contribution in [2.45, 2.75) is 75.5 Å². The third-order valence-corrected chi connectivity index (χ3v) is 7.72. The first-order valence-electron chi connectivity index (χ1n) is 10.8. The number of carbonyl (C=O) groups is 4. The van der Waals surface area contributed by atoms with E-state index in [-0.39, 0.29) is 70.8 Å². The van der Waals surface area contributed by atoms with Crippen LogP contribution in [0.1, 0.15) is 51.4 Å². The monoisotopic (exact) mass is 456 g/mol. The first-order valence-corrected chi connectivity index (χ1v) is 13.1. The highest BCUT2D eigenvalue weighted by Gasteiger charge is 2.29. The fraction of sp³-hybridized carbons (Fsp3) is 0.800. The Morgan fingerprint density at radius 3 is 0.933 bits per heavy atom. The highest BCUT2D eigenvalue weighted by molar-refractivity contribution is 8.00. The number of rotatable bonds is 0. The minimum atomic E-state index is -0.0998. The first kappa shape index (κ1) is 23.2. The van der Waals surface area contributed by atoms with Gasteiger partial charge in [0.1, 0.15) is 0 Å². The Hall–Kier alpha value is -1.42. The Morgan fingerprint density at radius 1 is 0.467 bits per heavy atom. The molecule has 3 fully saturated rings. The fourth-order valence-electron chi connectivity index (χ4n) is 4.42. The van der Waals surface area contributed by atoms with E-state index in [1.807, 2.05) is 0 Å². The Bertz CT molecular complexity index is 542. The van der Waals surface area contributed by atoms with Crippen LogP contribution >= 0.6 is 23.5 Å². The summed E-state index contributed by atoms with van der Waals surface area (Å²) in [4.78, 5) is 49.4. The van der Waals surface area contributed by atoms with Crippen molar-refractivity contribution in [1.82, 2.24) is 21.3 Å². The second kappa shape index (κ2) is 11.8. The quantitative estimate of drug-likeness (QED) is 0.423. The minimum absolute atomic E-state index is 0.0835. The van der Waals surface area contributed by atoms with E-state index in [4.69, 9.17) is 0 Å². The summed E-state index contributed by atoms with van der Waals surface area (Å²) in [6, 6.07) is -0.334. The van der Waals surface area contributed by atoms with Crippen molar-refractivity contribution in [3.8, 4) is 0 Å². The van der Waals surface area contributed by atoms with Gasteiger partial charge in [0, 0.05) is 24.2 Å². The topological polar surface area (TPSA) is 116 Å². The standard InChI is InChI=1S/C20H32N4O4S2/c25-17-9-29-11-19(27)23-15-7-3-4-8-16(15)24-20(28)12-30-10-18(26)22-14-6-2-1-5-13(14)21-17/h13-16H,1-12H2,(H,21,25)(H,22,26)(H,23,27)(H,24,28). The summed E-state index contributed by atoms with van der Waals surface area (Å²) < 4.78 is 0. The normalized spacial score (nSPS) is 32.8. The molecule has 4 amide bonds. The van der Waals surface area contributed by atoms with Crippen LogP contribution in [0.2, 0.25) is 0 Å². The molecule has 4 N–H and O–H groups in total. The summed E-state index contributed by atoms with van der Waals surface area (Å²) in [6.07, 6.45) is 7.41. The van der Waals surface area contributed by atoms with Gasteiger partial charge < -0.3 is 21.3 Å². The van der Waals surface area contributed by atoms with Gasteiger partial charge in [-0.1, -0.05) is 25.7 Å². The third kappa shape index (κ3) is 7.37. The van der Waals surface area contributed by atoms with Crippen LogP contribution in [0.4, 0.5) is 0 Å². The Labute approximate surface area is 186 Å². The Kier molecular flexibility index (Phi) is 9.17. The zero-order valence-corrected chi connectivity index (χ0v) is 18.9. The van der Waals surface area contributed by atoms with Gasteiger partial charge in [0.05, 0.1) is 23.0 Å². The SMILES string of the molecule is O=C1CSCC(=O)NC2CCCCC2NC(=O)CSCC(=O)NC2CCCCC2N1. The fourth-order valence-corrected chi connectivity index (χ4v) is 5.70. The Balaban J connectivity index is 1.63. The summed E-state index contributed by atoms with van der Waals surface area (Å²) in [6.45, 7) is 0. The van der Waals surface area contributed by atoms with Crippen LogP contribution in [0.15, 0.2) is 0 Å². The molecule has 3 rings (SSSR count). The van der Waals surface area contributed by atoms with Gasteiger partial charge in [-0.3, -0.25) is 19.2 Å². The lowest BCUT2D eigenvalue weighted by Gasteiger charge is -2.33. The number of carbonyl (C=O) groups excluding carboxylic acids is 4. The van der Waals surface area contributed by atoms with Crippen molar-refractivity contribution < 1.29 is 19.2 Å². The molecule has 1 saturated heterocycles. The molecule has 168 valence electrons. The molecular formula is C20H32N4O4S2. The van der Waals surface area contributed by atoms with Crippen LogP contribution in [0.5, 0.6) is 0 Å². The number of hydrogen-bond acceptors (Lipinski definition) is 6. The van der Waals surface area contributed by atoms with E-state index >= 15 is 0 Å².